The summed E-state index contributed by atoms with van der Waals surface area (Å²) in [6.45, 7) is 6.54. The maximum atomic E-state index is 9.95. The molecule has 1 N–H and O–H groups in total. The van der Waals surface area contributed by atoms with Crippen LogP contribution in [0, 0.1) is 0 Å². The molecule has 0 spiro atoms. The van der Waals surface area contributed by atoms with E-state index in [-0.39, 0.29) is 5.75 Å². The number of benzene rings is 1. The summed E-state index contributed by atoms with van der Waals surface area (Å²) in [6, 6.07) is 5.74. The van der Waals surface area contributed by atoms with Gasteiger partial charge in [-0.15, -0.1) is 0 Å². The number of ether oxygens (including phenoxy) is 1. The maximum Gasteiger partial charge on any atom is 0.121 e. The van der Waals surface area contributed by atoms with E-state index >= 15 is 0 Å². The molecule has 0 unspecified atom stereocenters. The number of nitrogens with zero attached hydrogens (tertiary/aromatic N) is 1. The molecule has 19 heavy (non-hydrogen) atoms. The second-order valence-corrected chi connectivity index (χ2v) is 5.08. The highest BCUT2D eigenvalue weighted by atomic mass is 35.5. The number of hydrogen-bond acceptors (Lipinski definition) is 3. The van der Waals surface area contributed by atoms with Crippen LogP contribution in [-0.2, 0) is 11.3 Å². The Hall–Kier alpha value is -0.770. The normalized spacial score (nSPS) is 11.5. The first kappa shape index (κ1) is 16.3. The van der Waals surface area contributed by atoms with Crippen molar-refractivity contribution in [2.45, 2.75) is 39.3 Å². The lowest BCUT2D eigenvalue weighted by Gasteiger charge is -2.30. The lowest BCUT2D eigenvalue weighted by Crippen LogP contribution is -2.36. The zero-order valence-corrected chi connectivity index (χ0v) is 12.8. The second-order valence-electron chi connectivity index (χ2n) is 4.67. The molecule has 0 heterocycles. The van der Waals surface area contributed by atoms with Crippen LogP contribution >= 0.6 is 11.6 Å². The van der Waals surface area contributed by atoms with Gasteiger partial charge in [0.25, 0.3) is 0 Å². The Balaban J connectivity index is 2.86. The standard InChI is InChI=1S/C15H24ClNO2/c1-4-12(5-2)17(9-10-19-3)11-13-14(16)7-6-8-15(13)18/h6-8,12,18H,4-5,9-11H2,1-3H3. The molecule has 0 atom stereocenters. The number of rotatable bonds is 8. The van der Waals surface area contributed by atoms with Gasteiger partial charge in [0.2, 0.25) is 0 Å². The van der Waals surface area contributed by atoms with Crippen molar-refractivity contribution in [2.75, 3.05) is 20.3 Å². The minimum atomic E-state index is 0.265. The lowest BCUT2D eigenvalue weighted by atomic mass is 10.1. The van der Waals surface area contributed by atoms with Crippen LogP contribution in [0.25, 0.3) is 0 Å². The van der Waals surface area contributed by atoms with E-state index in [2.05, 4.69) is 18.7 Å². The van der Waals surface area contributed by atoms with Gasteiger partial charge in [-0.25, -0.2) is 0 Å². The van der Waals surface area contributed by atoms with Crippen LogP contribution in [-0.4, -0.2) is 36.3 Å². The molecule has 0 amide bonds. The Morgan fingerprint density at radius 1 is 1.32 bits per heavy atom. The van der Waals surface area contributed by atoms with Crippen molar-refractivity contribution in [2.24, 2.45) is 0 Å². The molecule has 0 aliphatic rings. The van der Waals surface area contributed by atoms with Crippen LogP contribution in [0.2, 0.25) is 5.02 Å². The molecule has 108 valence electrons. The predicted molar refractivity (Wildman–Crippen MR) is 79.8 cm³/mol. The summed E-state index contributed by atoms with van der Waals surface area (Å²) in [6.07, 6.45) is 2.15. The smallest absolute Gasteiger partial charge is 0.121 e. The highest BCUT2D eigenvalue weighted by Crippen LogP contribution is 2.27. The van der Waals surface area contributed by atoms with Crippen LogP contribution in [0.4, 0.5) is 0 Å². The molecular formula is C15H24ClNO2. The topological polar surface area (TPSA) is 32.7 Å². The van der Waals surface area contributed by atoms with Crippen LogP contribution < -0.4 is 0 Å². The van der Waals surface area contributed by atoms with E-state index in [0.717, 1.165) is 24.9 Å². The first-order valence-corrected chi connectivity index (χ1v) is 7.21. The number of halogens is 1. The molecular weight excluding hydrogens is 262 g/mol. The van der Waals surface area contributed by atoms with Crippen LogP contribution in [0.15, 0.2) is 18.2 Å². The zero-order valence-electron chi connectivity index (χ0n) is 12.0. The summed E-state index contributed by atoms with van der Waals surface area (Å²) in [7, 11) is 1.71. The van der Waals surface area contributed by atoms with Crippen LogP contribution in [0.1, 0.15) is 32.3 Å². The Bertz CT molecular complexity index is 360. The summed E-state index contributed by atoms with van der Waals surface area (Å²) < 4.78 is 5.17. The fourth-order valence-corrected chi connectivity index (χ4v) is 2.54. The van der Waals surface area contributed by atoms with Crippen molar-refractivity contribution in [1.82, 2.24) is 4.90 Å². The number of phenols is 1. The third kappa shape index (κ3) is 4.68. The van der Waals surface area contributed by atoms with Gasteiger partial charge in [-0.1, -0.05) is 31.5 Å². The van der Waals surface area contributed by atoms with Gasteiger partial charge in [0.1, 0.15) is 5.75 Å². The van der Waals surface area contributed by atoms with E-state index in [9.17, 15) is 5.11 Å². The molecule has 0 aliphatic carbocycles. The first-order chi connectivity index (χ1) is 9.13. The van der Waals surface area contributed by atoms with E-state index in [1.54, 1.807) is 19.2 Å². The van der Waals surface area contributed by atoms with Crippen molar-refractivity contribution >= 4 is 11.6 Å². The van der Waals surface area contributed by atoms with E-state index in [1.165, 1.54) is 0 Å². The zero-order chi connectivity index (χ0) is 14.3. The number of aromatic hydroxyl groups is 1. The van der Waals surface area contributed by atoms with Crippen molar-refractivity contribution in [3.8, 4) is 5.75 Å². The lowest BCUT2D eigenvalue weighted by molar-refractivity contribution is 0.109. The number of methoxy groups -OCH3 is 1. The third-order valence-corrected chi connectivity index (χ3v) is 3.85. The van der Waals surface area contributed by atoms with E-state index in [1.807, 2.05) is 6.07 Å². The molecule has 0 aromatic heterocycles. The number of phenolic OH excluding ortho intramolecular Hbond substituents is 1. The quantitative estimate of drug-likeness (QED) is 0.791. The molecule has 0 fully saturated rings. The first-order valence-electron chi connectivity index (χ1n) is 6.83. The minimum Gasteiger partial charge on any atom is -0.508 e. The highest BCUT2D eigenvalue weighted by Gasteiger charge is 2.18. The van der Waals surface area contributed by atoms with Crippen molar-refractivity contribution < 1.29 is 9.84 Å². The monoisotopic (exact) mass is 285 g/mol. The molecule has 0 saturated carbocycles. The van der Waals surface area contributed by atoms with Gasteiger partial charge in [0.15, 0.2) is 0 Å². The summed E-state index contributed by atoms with van der Waals surface area (Å²) in [5, 5.41) is 10.6. The number of hydrogen-bond donors (Lipinski definition) is 1. The predicted octanol–water partition coefficient (Wildman–Crippen LogP) is 3.68. The van der Waals surface area contributed by atoms with Crippen molar-refractivity contribution in [3.05, 3.63) is 28.8 Å². The van der Waals surface area contributed by atoms with Gasteiger partial charge in [-0.05, 0) is 25.0 Å². The van der Waals surface area contributed by atoms with Gasteiger partial charge in [-0.2, -0.15) is 0 Å². The van der Waals surface area contributed by atoms with Gasteiger partial charge in [0.05, 0.1) is 6.61 Å². The van der Waals surface area contributed by atoms with E-state index in [0.29, 0.717) is 24.2 Å². The molecule has 0 aliphatic heterocycles. The molecule has 1 aromatic carbocycles. The molecule has 4 heteroatoms. The summed E-state index contributed by atoms with van der Waals surface area (Å²) in [4.78, 5) is 2.32. The van der Waals surface area contributed by atoms with Gasteiger partial charge in [0, 0.05) is 36.8 Å². The molecule has 0 bridgehead atoms. The largest absolute Gasteiger partial charge is 0.508 e. The maximum absolute atomic E-state index is 9.95. The fourth-order valence-electron chi connectivity index (χ4n) is 2.31. The van der Waals surface area contributed by atoms with E-state index < -0.39 is 0 Å². The summed E-state index contributed by atoms with van der Waals surface area (Å²) in [5.41, 5.74) is 0.798. The van der Waals surface area contributed by atoms with Gasteiger partial charge >= 0.3 is 0 Å². The Morgan fingerprint density at radius 3 is 2.53 bits per heavy atom. The van der Waals surface area contributed by atoms with Crippen LogP contribution in [0.5, 0.6) is 5.75 Å². The molecule has 0 radical (unpaired) electrons. The SMILES string of the molecule is CCC(CC)N(CCOC)Cc1c(O)cccc1Cl. The summed E-state index contributed by atoms with van der Waals surface area (Å²) >= 11 is 6.18. The van der Waals surface area contributed by atoms with Gasteiger partial charge < -0.3 is 9.84 Å². The summed E-state index contributed by atoms with van der Waals surface area (Å²) in [5.74, 6) is 0.265. The third-order valence-electron chi connectivity index (χ3n) is 3.50. The Labute approximate surface area is 121 Å². The average Bonchev–Trinajstić information content (AvgIpc) is 2.40. The molecule has 0 saturated heterocycles. The Kier molecular flexibility index (Phi) is 7.21. The van der Waals surface area contributed by atoms with E-state index in [4.69, 9.17) is 16.3 Å². The van der Waals surface area contributed by atoms with Crippen molar-refractivity contribution in [3.63, 3.8) is 0 Å². The minimum absolute atomic E-state index is 0.265. The second kappa shape index (κ2) is 8.41. The highest BCUT2D eigenvalue weighted by molar-refractivity contribution is 6.31. The van der Waals surface area contributed by atoms with Crippen LogP contribution in [0.3, 0.4) is 0 Å². The van der Waals surface area contributed by atoms with Crippen molar-refractivity contribution in [1.29, 1.82) is 0 Å². The molecule has 1 rings (SSSR count). The molecule has 1 aromatic rings. The Morgan fingerprint density at radius 2 is 2.00 bits per heavy atom. The molecule has 3 nitrogen and oxygen atoms in total. The average molecular weight is 286 g/mol. The van der Waals surface area contributed by atoms with Gasteiger partial charge in [-0.3, -0.25) is 4.90 Å². The fraction of sp³-hybridized carbons (Fsp3) is 0.600.